The van der Waals surface area contributed by atoms with Crippen molar-refractivity contribution in [3.63, 3.8) is 0 Å². The SMILES string of the molecule is [CH2]CCCCCCCCCCCCC(C)CCC[CH2]. The van der Waals surface area contributed by atoms with E-state index in [1.807, 2.05) is 0 Å². The second-order valence-corrected chi connectivity index (χ2v) is 6.28. The minimum atomic E-state index is 0.926. The van der Waals surface area contributed by atoms with Gasteiger partial charge in [-0.05, 0) is 5.92 Å². The summed E-state index contributed by atoms with van der Waals surface area (Å²) in [5.74, 6) is 0.926. The average molecular weight is 267 g/mol. The highest BCUT2D eigenvalue weighted by atomic mass is 14.1. The summed E-state index contributed by atoms with van der Waals surface area (Å²) in [5, 5.41) is 0. The first-order valence-corrected chi connectivity index (χ1v) is 8.89. The zero-order chi connectivity index (χ0) is 14.2. The highest BCUT2D eigenvalue weighted by molar-refractivity contribution is 4.55. The summed E-state index contributed by atoms with van der Waals surface area (Å²) < 4.78 is 0. The van der Waals surface area contributed by atoms with Crippen molar-refractivity contribution in [2.24, 2.45) is 5.92 Å². The Kier molecular flexibility index (Phi) is 16.1. The van der Waals surface area contributed by atoms with E-state index in [0.717, 1.165) is 18.8 Å². The molecule has 0 aromatic rings. The van der Waals surface area contributed by atoms with E-state index < -0.39 is 0 Å². The van der Waals surface area contributed by atoms with Crippen LogP contribution in [-0.4, -0.2) is 0 Å². The van der Waals surface area contributed by atoms with Gasteiger partial charge in [0, 0.05) is 0 Å². The molecule has 0 aliphatic rings. The molecule has 0 aliphatic carbocycles. The Hall–Kier alpha value is 0. The largest absolute Gasteiger partial charge is 0.0625 e. The molecule has 1 unspecified atom stereocenters. The second-order valence-electron chi connectivity index (χ2n) is 6.28. The summed E-state index contributed by atoms with van der Waals surface area (Å²) in [7, 11) is 0. The second kappa shape index (κ2) is 16.1. The lowest BCUT2D eigenvalue weighted by Crippen LogP contribution is -1.94. The molecule has 0 heterocycles. The van der Waals surface area contributed by atoms with Crippen molar-refractivity contribution >= 4 is 0 Å². The first-order chi connectivity index (χ1) is 9.31. The Balaban J connectivity index is 3.02. The summed E-state index contributed by atoms with van der Waals surface area (Å²) in [5.41, 5.74) is 0. The summed E-state index contributed by atoms with van der Waals surface area (Å²) >= 11 is 0. The third kappa shape index (κ3) is 15.9. The average Bonchev–Trinajstić information content (AvgIpc) is 2.42. The highest BCUT2D eigenvalue weighted by Crippen LogP contribution is 2.17. The third-order valence-corrected chi connectivity index (χ3v) is 4.14. The van der Waals surface area contributed by atoms with Gasteiger partial charge in [0.2, 0.25) is 0 Å². The number of hydrogen-bond donors (Lipinski definition) is 0. The van der Waals surface area contributed by atoms with Crippen LogP contribution in [0.25, 0.3) is 0 Å². The first kappa shape index (κ1) is 19.0. The summed E-state index contributed by atoms with van der Waals surface area (Å²) in [6.45, 7) is 10.2. The molecule has 0 amide bonds. The molecule has 0 saturated carbocycles. The molecule has 0 rings (SSSR count). The Labute approximate surface area is 123 Å². The maximum absolute atomic E-state index is 3.92. The van der Waals surface area contributed by atoms with Gasteiger partial charge >= 0.3 is 0 Å². The maximum Gasteiger partial charge on any atom is -0.0443 e. The van der Waals surface area contributed by atoms with Crippen LogP contribution >= 0.6 is 0 Å². The van der Waals surface area contributed by atoms with Gasteiger partial charge in [0.15, 0.2) is 0 Å². The molecule has 19 heavy (non-hydrogen) atoms. The normalized spacial score (nSPS) is 12.8. The van der Waals surface area contributed by atoms with Gasteiger partial charge < -0.3 is 0 Å². The van der Waals surface area contributed by atoms with Gasteiger partial charge in [-0.3, -0.25) is 0 Å². The van der Waals surface area contributed by atoms with Crippen molar-refractivity contribution in [2.45, 2.75) is 103 Å². The first-order valence-electron chi connectivity index (χ1n) is 8.89. The molecule has 0 nitrogen and oxygen atoms in total. The van der Waals surface area contributed by atoms with Crippen LogP contribution in [0.3, 0.4) is 0 Å². The molecule has 0 fully saturated rings. The fourth-order valence-electron chi connectivity index (χ4n) is 2.72. The maximum atomic E-state index is 3.92. The lowest BCUT2D eigenvalue weighted by atomic mass is 9.97. The van der Waals surface area contributed by atoms with Gasteiger partial charge in [-0.25, -0.2) is 0 Å². The van der Waals surface area contributed by atoms with Crippen LogP contribution in [0.2, 0.25) is 0 Å². The topological polar surface area (TPSA) is 0 Å². The molecule has 0 aliphatic heterocycles. The highest BCUT2D eigenvalue weighted by Gasteiger charge is 2.00. The zero-order valence-electron chi connectivity index (χ0n) is 13.6. The predicted octanol–water partition coefficient (Wildman–Crippen LogP) is 7.14. The Bertz CT molecular complexity index is 150. The van der Waals surface area contributed by atoms with Gasteiger partial charge in [0.25, 0.3) is 0 Å². The minimum Gasteiger partial charge on any atom is -0.0625 e. The molecular weight excluding hydrogens is 228 g/mol. The monoisotopic (exact) mass is 266 g/mol. The predicted molar refractivity (Wildman–Crippen MR) is 89.1 cm³/mol. The molecule has 0 heteroatoms. The van der Waals surface area contributed by atoms with E-state index in [9.17, 15) is 0 Å². The van der Waals surface area contributed by atoms with E-state index in [2.05, 4.69) is 20.8 Å². The van der Waals surface area contributed by atoms with E-state index >= 15 is 0 Å². The van der Waals surface area contributed by atoms with Crippen LogP contribution in [-0.2, 0) is 0 Å². The van der Waals surface area contributed by atoms with E-state index in [1.165, 1.54) is 83.5 Å². The minimum absolute atomic E-state index is 0.926. The molecular formula is C19H38. The Morgan fingerprint density at radius 2 is 0.895 bits per heavy atom. The summed E-state index contributed by atoms with van der Waals surface area (Å²) in [6.07, 6.45) is 20.7. The van der Waals surface area contributed by atoms with Crippen LogP contribution in [0.1, 0.15) is 103 Å². The van der Waals surface area contributed by atoms with Crippen LogP contribution in [0, 0.1) is 19.8 Å². The summed E-state index contributed by atoms with van der Waals surface area (Å²) in [4.78, 5) is 0. The standard InChI is InChI=1S/C19H38/c1-4-6-8-9-10-11-12-13-14-15-16-18-19(3)17-7-5-2/h19H,1-2,4-18H2,3H3. The van der Waals surface area contributed by atoms with Crippen molar-refractivity contribution in [3.8, 4) is 0 Å². The number of rotatable bonds is 15. The van der Waals surface area contributed by atoms with Crippen LogP contribution < -0.4 is 0 Å². The number of hydrogen-bond acceptors (Lipinski definition) is 0. The van der Waals surface area contributed by atoms with Gasteiger partial charge in [-0.15, -0.1) is 0 Å². The van der Waals surface area contributed by atoms with Gasteiger partial charge in [-0.1, -0.05) is 117 Å². The summed E-state index contributed by atoms with van der Waals surface area (Å²) in [6, 6.07) is 0. The molecule has 0 saturated heterocycles. The zero-order valence-corrected chi connectivity index (χ0v) is 13.6. The van der Waals surface area contributed by atoms with Gasteiger partial charge in [-0.2, -0.15) is 0 Å². The van der Waals surface area contributed by atoms with Crippen LogP contribution in [0.4, 0.5) is 0 Å². The van der Waals surface area contributed by atoms with Crippen molar-refractivity contribution in [3.05, 3.63) is 13.8 Å². The quantitative estimate of drug-likeness (QED) is 0.276. The Morgan fingerprint density at radius 3 is 1.37 bits per heavy atom. The van der Waals surface area contributed by atoms with E-state index in [-0.39, 0.29) is 0 Å². The fourth-order valence-corrected chi connectivity index (χ4v) is 2.72. The molecule has 0 aromatic carbocycles. The molecule has 0 bridgehead atoms. The van der Waals surface area contributed by atoms with Gasteiger partial charge in [0.1, 0.15) is 0 Å². The molecule has 0 aromatic heterocycles. The van der Waals surface area contributed by atoms with E-state index in [1.54, 1.807) is 0 Å². The molecule has 1 atom stereocenters. The van der Waals surface area contributed by atoms with Crippen LogP contribution in [0.5, 0.6) is 0 Å². The molecule has 114 valence electrons. The molecule has 2 radical (unpaired) electrons. The van der Waals surface area contributed by atoms with Gasteiger partial charge in [0.05, 0.1) is 0 Å². The smallest absolute Gasteiger partial charge is 0.0443 e. The van der Waals surface area contributed by atoms with E-state index in [0.29, 0.717) is 0 Å². The van der Waals surface area contributed by atoms with Crippen molar-refractivity contribution < 1.29 is 0 Å². The third-order valence-electron chi connectivity index (χ3n) is 4.14. The molecule has 0 spiro atoms. The van der Waals surface area contributed by atoms with Crippen LogP contribution in [0.15, 0.2) is 0 Å². The lowest BCUT2D eigenvalue weighted by molar-refractivity contribution is 0.443. The Morgan fingerprint density at radius 1 is 0.526 bits per heavy atom. The lowest BCUT2D eigenvalue weighted by Gasteiger charge is -2.10. The van der Waals surface area contributed by atoms with Crippen molar-refractivity contribution in [2.75, 3.05) is 0 Å². The van der Waals surface area contributed by atoms with Crippen molar-refractivity contribution in [1.82, 2.24) is 0 Å². The van der Waals surface area contributed by atoms with E-state index in [4.69, 9.17) is 0 Å². The fraction of sp³-hybridized carbons (Fsp3) is 0.895. The number of unbranched alkanes of at least 4 members (excludes halogenated alkanes) is 11. The van der Waals surface area contributed by atoms with Crippen molar-refractivity contribution in [1.29, 1.82) is 0 Å². The molecule has 0 N–H and O–H groups in total.